The molecule has 0 saturated carbocycles. The predicted octanol–water partition coefficient (Wildman–Crippen LogP) is 2.34. The van der Waals surface area contributed by atoms with E-state index in [1.807, 2.05) is 25.9 Å². The van der Waals surface area contributed by atoms with Crippen molar-refractivity contribution in [2.24, 2.45) is 0 Å². The maximum Gasteiger partial charge on any atom is 0.253 e. The van der Waals surface area contributed by atoms with Gasteiger partial charge < -0.3 is 15.5 Å². The van der Waals surface area contributed by atoms with Gasteiger partial charge in [-0.05, 0) is 52.2 Å². The Morgan fingerprint density at radius 3 is 2.53 bits per heavy atom. The number of hydrogen-bond acceptors (Lipinski definition) is 3. The molecule has 4 nitrogen and oxygen atoms in total. The normalized spacial score (nSPS) is 10.8. The van der Waals surface area contributed by atoms with Crippen molar-refractivity contribution >= 4 is 23.2 Å². The number of nitrogens with two attached hydrogens (primary N) is 1. The molecule has 0 aliphatic rings. The van der Waals surface area contributed by atoms with E-state index in [-0.39, 0.29) is 5.91 Å². The second-order valence-corrected chi connectivity index (χ2v) is 5.19. The van der Waals surface area contributed by atoms with Crippen LogP contribution in [0.3, 0.4) is 0 Å². The van der Waals surface area contributed by atoms with E-state index >= 15 is 0 Å². The molecule has 0 unspecified atom stereocenters. The molecule has 0 saturated heterocycles. The van der Waals surface area contributed by atoms with Crippen LogP contribution in [-0.4, -0.2) is 49.4 Å². The number of halogens is 1. The lowest BCUT2D eigenvalue weighted by atomic mass is 10.1. The fourth-order valence-corrected chi connectivity index (χ4v) is 2.00. The number of carbonyl (C=O) groups excluding carboxylic acids is 1. The molecule has 0 aliphatic heterocycles. The van der Waals surface area contributed by atoms with Gasteiger partial charge in [0.15, 0.2) is 0 Å². The maximum atomic E-state index is 12.3. The van der Waals surface area contributed by atoms with Gasteiger partial charge >= 0.3 is 0 Å². The molecule has 106 valence electrons. The van der Waals surface area contributed by atoms with Gasteiger partial charge in [0.25, 0.3) is 5.91 Å². The summed E-state index contributed by atoms with van der Waals surface area (Å²) in [4.78, 5) is 16.3. The quantitative estimate of drug-likeness (QED) is 0.815. The summed E-state index contributed by atoms with van der Waals surface area (Å²) in [6.45, 7) is 4.38. The number of benzene rings is 1. The monoisotopic (exact) mass is 283 g/mol. The summed E-state index contributed by atoms with van der Waals surface area (Å²) in [5, 5.41) is 0.426. The largest absolute Gasteiger partial charge is 0.398 e. The van der Waals surface area contributed by atoms with E-state index in [0.29, 0.717) is 22.8 Å². The number of amides is 1. The number of carbonyl (C=O) groups is 1. The third kappa shape index (κ3) is 4.73. The van der Waals surface area contributed by atoms with Gasteiger partial charge in [-0.25, -0.2) is 0 Å². The minimum absolute atomic E-state index is 0.00292. The average molecular weight is 284 g/mol. The third-order valence-electron chi connectivity index (χ3n) is 2.95. The van der Waals surface area contributed by atoms with Crippen LogP contribution in [0.25, 0.3) is 0 Å². The maximum absolute atomic E-state index is 12.3. The first-order valence-corrected chi connectivity index (χ1v) is 6.82. The molecule has 1 rings (SSSR count). The second-order valence-electron chi connectivity index (χ2n) is 4.78. The lowest BCUT2D eigenvalue weighted by molar-refractivity contribution is 0.0759. The number of hydrogen-bond donors (Lipinski definition) is 1. The van der Waals surface area contributed by atoms with Crippen molar-refractivity contribution < 1.29 is 4.79 Å². The van der Waals surface area contributed by atoms with E-state index in [1.54, 1.807) is 18.2 Å². The van der Waals surface area contributed by atoms with Crippen LogP contribution in [0.1, 0.15) is 23.7 Å². The summed E-state index contributed by atoms with van der Waals surface area (Å²) in [7, 11) is 4.05. The molecular weight excluding hydrogens is 262 g/mol. The molecule has 0 radical (unpaired) electrons. The fourth-order valence-electron chi connectivity index (χ4n) is 1.82. The van der Waals surface area contributed by atoms with Crippen LogP contribution in [0.15, 0.2) is 18.2 Å². The van der Waals surface area contributed by atoms with E-state index in [1.165, 1.54) is 0 Å². The Bertz CT molecular complexity index is 435. The highest BCUT2D eigenvalue weighted by Crippen LogP contribution is 2.20. The molecule has 0 aromatic heterocycles. The SMILES string of the molecule is CCN(CCCN(C)C)C(=O)c1ccc(N)c(Cl)c1. The van der Waals surface area contributed by atoms with Crippen molar-refractivity contribution in [3.05, 3.63) is 28.8 Å². The first kappa shape index (κ1) is 15.8. The van der Waals surface area contributed by atoms with Gasteiger partial charge in [0.2, 0.25) is 0 Å². The smallest absolute Gasteiger partial charge is 0.253 e. The van der Waals surface area contributed by atoms with Crippen LogP contribution >= 0.6 is 11.6 Å². The minimum Gasteiger partial charge on any atom is -0.398 e. The molecule has 0 bridgehead atoms. The molecule has 1 aromatic carbocycles. The van der Waals surface area contributed by atoms with Crippen molar-refractivity contribution in [3.63, 3.8) is 0 Å². The summed E-state index contributed by atoms with van der Waals surface area (Å²) in [5.74, 6) is 0.00292. The van der Waals surface area contributed by atoms with E-state index in [9.17, 15) is 4.79 Å². The molecule has 1 aromatic rings. The molecule has 2 N–H and O–H groups in total. The summed E-state index contributed by atoms with van der Waals surface area (Å²) in [6, 6.07) is 5.02. The van der Waals surface area contributed by atoms with Crippen LogP contribution in [0.2, 0.25) is 5.02 Å². The molecule has 0 aliphatic carbocycles. The van der Waals surface area contributed by atoms with Gasteiger partial charge in [-0.1, -0.05) is 11.6 Å². The Hall–Kier alpha value is -1.26. The molecule has 1 amide bonds. The number of nitrogen functional groups attached to an aromatic ring is 1. The molecular formula is C14H22ClN3O. The van der Waals surface area contributed by atoms with Crippen LogP contribution in [0, 0.1) is 0 Å². The standard InChI is InChI=1S/C14H22ClN3O/c1-4-18(9-5-8-17(2)3)14(19)11-6-7-13(16)12(15)10-11/h6-7,10H,4-5,8-9,16H2,1-3H3. The van der Waals surface area contributed by atoms with Crippen LogP contribution in [0.4, 0.5) is 5.69 Å². The number of rotatable bonds is 6. The predicted molar refractivity (Wildman–Crippen MR) is 80.6 cm³/mol. The molecule has 19 heavy (non-hydrogen) atoms. The van der Waals surface area contributed by atoms with Crippen molar-refractivity contribution in [1.29, 1.82) is 0 Å². The van der Waals surface area contributed by atoms with Crippen LogP contribution in [0.5, 0.6) is 0 Å². The van der Waals surface area contributed by atoms with Gasteiger partial charge in [0.1, 0.15) is 0 Å². The first-order chi connectivity index (χ1) is 8.95. The zero-order valence-corrected chi connectivity index (χ0v) is 12.6. The van der Waals surface area contributed by atoms with Crippen LogP contribution < -0.4 is 5.73 Å². The number of anilines is 1. The molecule has 0 heterocycles. The van der Waals surface area contributed by atoms with Crippen molar-refractivity contribution in [3.8, 4) is 0 Å². The highest BCUT2D eigenvalue weighted by atomic mass is 35.5. The lowest BCUT2D eigenvalue weighted by Gasteiger charge is -2.22. The summed E-state index contributed by atoms with van der Waals surface area (Å²) in [5.41, 5.74) is 6.73. The van der Waals surface area contributed by atoms with E-state index in [0.717, 1.165) is 19.5 Å². The van der Waals surface area contributed by atoms with Crippen molar-refractivity contribution in [1.82, 2.24) is 9.80 Å². The Labute approximate surface area is 120 Å². The second kappa shape index (κ2) is 7.36. The lowest BCUT2D eigenvalue weighted by Crippen LogP contribution is -2.33. The van der Waals surface area contributed by atoms with Gasteiger partial charge in [-0.2, -0.15) is 0 Å². The fraction of sp³-hybridized carbons (Fsp3) is 0.500. The average Bonchev–Trinajstić information content (AvgIpc) is 2.37. The topological polar surface area (TPSA) is 49.6 Å². The Balaban J connectivity index is 2.69. The van der Waals surface area contributed by atoms with E-state index in [4.69, 9.17) is 17.3 Å². The van der Waals surface area contributed by atoms with E-state index < -0.39 is 0 Å². The highest BCUT2D eigenvalue weighted by Gasteiger charge is 2.14. The molecule has 5 heteroatoms. The summed E-state index contributed by atoms with van der Waals surface area (Å²) >= 11 is 5.95. The Morgan fingerprint density at radius 1 is 1.32 bits per heavy atom. The minimum atomic E-state index is 0.00292. The molecule has 0 atom stereocenters. The number of nitrogens with zero attached hydrogens (tertiary/aromatic N) is 2. The van der Waals surface area contributed by atoms with Crippen LogP contribution in [-0.2, 0) is 0 Å². The van der Waals surface area contributed by atoms with Gasteiger partial charge in [0, 0.05) is 18.7 Å². The van der Waals surface area contributed by atoms with Gasteiger partial charge in [-0.3, -0.25) is 4.79 Å². The third-order valence-corrected chi connectivity index (χ3v) is 3.28. The highest BCUT2D eigenvalue weighted by molar-refractivity contribution is 6.33. The molecule has 0 fully saturated rings. The van der Waals surface area contributed by atoms with Crippen molar-refractivity contribution in [2.45, 2.75) is 13.3 Å². The van der Waals surface area contributed by atoms with Gasteiger partial charge in [-0.15, -0.1) is 0 Å². The van der Waals surface area contributed by atoms with Crippen molar-refractivity contribution in [2.75, 3.05) is 39.5 Å². The zero-order valence-electron chi connectivity index (χ0n) is 11.8. The van der Waals surface area contributed by atoms with E-state index in [2.05, 4.69) is 4.90 Å². The Morgan fingerprint density at radius 2 is 2.00 bits per heavy atom. The van der Waals surface area contributed by atoms with Gasteiger partial charge in [0.05, 0.1) is 10.7 Å². The Kier molecular flexibility index (Phi) is 6.12. The molecule has 0 spiro atoms. The zero-order chi connectivity index (χ0) is 14.4. The summed E-state index contributed by atoms with van der Waals surface area (Å²) in [6.07, 6.45) is 0.954. The summed E-state index contributed by atoms with van der Waals surface area (Å²) < 4.78 is 0. The first-order valence-electron chi connectivity index (χ1n) is 6.44.